The van der Waals surface area contributed by atoms with Crippen LogP contribution in [0.5, 0.6) is 0 Å². The molecule has 3 aromatic heterocycles. The molecule has 82 heavy (non-hydrogen) atoms. The van der Waals surface area contributed by atoms with E-state index < -0.39 is 0 Å². The second kappa shape index (κ2) is 17.4. The zero-order valence-corrected chi connectivity index (χ0v) is 50.7. The van der Waals surface area contributed by atoms with E-state index >= 15 is 0 Å². The third-order valence-electron chi connectivity index (χ3n) is 19.1. The molecular weight excluding hydrogens is 1010 g/mol. The van der Waals surface area contributed by atoms with E-state index in [4.69, 9.17) is 4.42 Å². The summed E-state index contributed by atoms with van der Waals surface area (Å²) in [6, 6.07) is 67.6. The Balaban J connectivity index is 1.12. The Morgan fingerprint density at radius 3 is 1.72 bits per heavy atom. The van der Waals surface area contributed by atoms with Crippen LogP contribution < -0.4 is 20.0 Å². The molecule has 4 nitrogen and oxygen atoms in total. The van der Waals surface area contributed by atoms with Gasteiger partial charge in [0.2, 0.25) is 0 Å². The Morgan fingerprint density at radius 1 is 0.524 bits per heavy atom. The minimum atomic E-state index is -0.174. The molecule has 0 unspecified atom stereocenters. The van der Waals surface area contributed by atoms with Crippen molar-refractivity contribution in [1.82, 2.24) is 4.57 Å². The summed E-state index contributed by atoms with van der Waals surface area (Å²) in [6.45, 7) is 30.4. The first-order chi connectivity index (χ1) is 39.0. The fourth-order valence-electron chi connectivity index (χ4n) is 14.3. The number of rotatable bonds is 5. The number of aromatic nitrogens is 1. The van der Waals surface area contributed by atoms with Gasteiger partial charge in [-0.05, 0) is 175 Å². The van der Waals surface area contributed by atoms with Gasteiger partial charge in [-0.25, -0.2) is 0 Å². The van der Waals surface area contributed by atoms with Crippen LogP contribution in [0, 0.1) is 0 Å². The van der Waals surface area contributed by atoms with Gasteiger partial charge < -0.3 is 18.7 Å². The van der Waals surface area contributed by atoms with Gasteiger partial charge in [-0.3, -0.25) is 0 Å². The lowest BCUT2D eigenvalue weighted by Crippen LogP contribution is -2.59. The third kappa shape index (κ3) is 7.55. The number of thiophene rings is 1. The highest BCUT2D eigenvalue weighted by Gasteiger charge is 2.48. The van der Waals surface area contributed by atoms with Gasteiger partial charge in [-0.1, -0.05) is 181 Å². The Hall–Kier alpha value is -7.80. The average Bonchev–Trinajstić information content (AvgIpc) is 2.21. The zero-order valence-electron chi connectivity index (χ0n) is 49.9. The molecule has 0 amide bonds. The van der Waals surface area contributed by atoms with Crippen LogP contribution in [-0.4, -0.2) is 11.4 Å². The molecule has 0 saturated heterocycles. The minimum absolute atomic E-state index is 0.000428. The highest BCUT2D eigenvalue weighted by molar-refractivity contribution is 7.32. The van der Waals surface area contributed by atoms with Crippen LogP contribution >= 0.6 is 11.3 Å². The molecule has 0 N–H and O–H groups in total. The zero-order chi connectivity index (χ0) is 56.7. The van der Waals surface area contributed by atoms with Crippen molar-refractivity contribution in [2.75, 3.05) is 9.71 Å². The molecule has 0 saturated carbocycles. The first-order valence-corrected chi connectivity index (χ1v) is 30.5. The van der Waals surface area contributed by atoms with Gasteiger partial charge in [0.15, 0.2) is 0 Å². The van der Waals surface area contributed by atoms with E-state index in [0.29, 0.717) is 0 Å². The lowest BCUT2D eigenvalue weighted by Gasteiger charge is -2.42. The summed E-state index contributed by atoms with van der Waals surface area (Å²) in [6.07, 6.45) is 2.27. The summed E-state index contributed by atoms with van der Waals surface area (Å²) in [5.41, 5.74) is 24.5. The molecule has 0 fully saturated rings. The predicted molar refractivity (Wildman–Crippen MR) is 354 cm³/mol. The number of benzene rings is 9. The molecular formula is C76H72BN3OS. The number of para-hydroxylation sites is 1. The Morgan fingerprint density at radius 2 is 1.10 bits per heavy atom. The van der Waals surface area contributed by atoms with E-state index in [9.17, 15) is 0 Å². The van der Waals surface area contributed by atoms with Gasteiger partial charge >= 0.3 is 6.85 Å². The number of furan rings is 1. The first-order valence-electron chi connectivity index (χ1n) is 29.7. The van der Waals surface area contributed by atoms with E-state index in [2.05, 4.69) is 280 Å². The summed E-state index contributed by atoms with van der Waals surface area (Å²) in [4.78, 5) is 5.19. The average molecular weight is 1090 g/mol. The van der Waals surface area contributed by atoms with Crippen LogP contribution in [0.15, 0.2) is 180 Å². The SMILES string of the molecule is CC(C)(C)c1ccc(N2B3c4sc5ccc(-c6ccccc6)cc5c4-n4c5cc6c(cc5c5c7oc8ccccc8c7c(c3c54)-c3cc(N(c4ccc(C(C)(C)C)cc4)c4ccc(C(C)(C)C)cc4)ccc32)C(C)(C)CCC6(C)C)cc1. The quantitative estimate of drug-likeness (QED) is 0.161. The molecule has 15 rings (SSSR count). The van der Waals surface area contributed by atoms with Crippen LogP contribution in [0.3, 0.4) is 0 Å². The van der Waals surface area contributed by atoms with Crippen molar-refractivity contribution in [2.45, 2.75) is 130 Å². The van der Waals surface area contributed by atoms with Crippen molar-refractivity contribution in [3.8, 4) is 27.9 Å². The fraction of sp³-hybridized carbons (Fsp3) is 0.263. The van der Waals surface area contributed by atoms with Crippen molar-refractivity contribution in [3.63, 3.8) is 0 Å². The Kier molecular flexibility index (Phi) is 10.8. The van der Waals surface area contributed by atoms with Crippen molar-refractivity contribution < 1.29 is 4.42 Å². The number of nitrogens with zero attached hydrogens (tertiary/aromatic N) is 3. The van der Waals surface area contributed by atoms with Crippen molar-refractivity contribution in [3.05, 3.63) is 204 Å². The lowest BCUT2D eigenvalue weighted by molar-refractivity contribution is 0.332. The van der Waals surface area contributed by atoms with Gasteiger partial charge in [-0.2, -0.15) is 0 Å². The Labute approximate surface area is 488 Å². The number of fused-ring (bicyclic) bond motifs is 16. The second-order valence-corrected chi connectivity index (χ2v) is 29.5. The van der Waals surface area contributed by atoms with E-state index in [1.54, 1.807) is 0 Å². The smallest absolute Gasteiger partial charge is 0.343 e. The summed E-state index contributed by atoms with van der Waals surface area (Å²) >= 11 is 1.97. The molecule has 1 aliphatic carbocycles. The summed E-state index contributed by atoms with van der Waals surface area (Å²) < 4.78 is 12.9. The normalized spacial score (nSPS) is 15.4. The van der Waals surface area contributed by atoms with Gasteiger partial charge in [0.05, 0.1) is 22.1 Å². The summed E-state index contributed by atoms with van der Waals surface area (Å²) in [5.74, 6) is 0. The van der Waals surface area contributed by atoms with E-state index in [1.165, 1.54) is 115 Å². The molecule has 6 heteroatoms. The maximum absolute atomic E-state index is 7.51. The van der Waals surface area contributed by atoms with Crippen molar-refractivity contribution in [1.29, 1.82) is 0 Å². The second-order valence-electron chi connectivity index (χ2n) is 28.4. The lowest BCUT2D eigenvalue weighted by atomic mass is 9.47. The molecule has 0 spiro atoms. The minimum Gasteiger partial charge on any atom is -0.455 e. The van der Waals surface area contributed by atoms with Gasteiger partial charge in [0.1, 0.15) is 11.2 Å². The summed E-state index contributed by atoms with van der Waals surface area (Å²) in [7, 11) is 0. The third-order valence-corrected chi connectivity index (χ3v) is 20.3. The van der Waals surface area contributed by atoms with Gasteiger partial charge in [0.25, 0.3) is 0 Å². The molecule has 5 heterocycles. The van der Waals surface area contributed by atoms with Crippen LogP contribution in [0.4, 0.5) is 28.4 Å². The van der Waals surface area contributed by atoms with Gasteiger partial charge in [-0.15, -0.1) is 11.3 Å². The molecule has 2 aliphatic heterocycles. The highest BCUT2D eigenvalue weighted by atomic mass is 32.1. The van der Waals surface area contributed by atoms with Crippen molar-refractivity contribution in [2.24, 2.45) is 0 Å². The maximum Gasteiger partial charge on any atom is 0.343 e. The molecule has 0 radical (unpaired) electrons. The molecule has 0 atom stereocenters. The summed E-state index contributed by atoms with van der Waals surface area (Å²) in [5, 5.41) is 6.08. The first kappa shape index (κ1) is 51.1. The van der Waals surface area contributed by atoms with Crippen LogP contribution in [0.2, 0.25) is 0 Å². The van der Waals surface area contributed by atoms with Crippen molar-refractivity contribution >= 4 is 111 Å². The van der Waals surface area contributed by atoms with Gasteiger partial charge in [0, 0.05) is 65.0 Å². The van der Waals surface area contributed by atoms with E-state index in [0.717, 1.165) is 46.5 Å². The van der Waals surface area contributed by atoms with Crippen LogP contribution in [-0.2, 0) is 27.1 Å². The number of hydrogen-bond acceptors (Lipinski definition) is 4. The van der Waals surface area contributed by atoms with E-state index in [1.807, 2.05) is 11.3 Å². The number of anilines is 5. The Bertz CT molecular complexity index is 4550. The highest BCUT2D eigenvalue weighted by Crippen LogP contribution is 2.56. The largest absolute Gasteiger partial charge is 0.455 e. The number of hydrogen-bond donors (Lipinski definition) is 0. The molecule has 0 bridgehead atoms. The standard InChI is InChI=1S/C76H72BN3OS/c1-72(2,3)47-24-30-50(31-25-47)78(51-32-26-48(27-33-51)73(4,5)6)53-36-37-60-55(42-53)64-65-54-21-17-18-22-62(54)81-70(65)66-56-43-58-59(76(12,13)40-39-75(58,10)11)44-61(56)79-68-57-41-46(45-19-15-14-16-20-45)23-38-63(57)82-71(68)77(67(64)69(66)79)80(60)52-34-28-49(29-35-52)74(7,8)9/h14-38,41-44H,39-40H2,1-13H3. The van der Waals surface area contributed by atoms with E-state index in [-0.39, 0.29) is 33.9 Å². The monoisotopic (exact) mass is 1090 g/mol. The molecule has 9 aromatic carbocycles. The molecule has 3 aliphatic rings. The molecule has 406 valence electrons. The van der Waals surface area contributed by atoms with Crippen LogP contribution in [0.25, 0.3) is 81.8 Å². The van der Waals surface area contributed by atoms with Crippen LogP contribution in [0.1, 0.15) is 131 Å². The molecule has 12 aromatic rings. The predicted octanol–water partition coefficient (Wildman–Crippen LogP) is 20.5. The fourth-order valence-corrected chi connectivity index (χ4v) is 15.6. The topological polar surface area (TPSA) is 24.6 Å². The maximum atomic E-state index is 7.51.